The van der Waals surface area contributed by atoms with Crippen molar-refractivity contribution in [3.8, 4) is 0 Å². The summed E-state index contributed by atoms with van der Waals surface area (Å²) in [5.74, 6) is -0.804. The van der Waals surface area contributed by atoms with E-state index in [0.717, 1.165) is 11.1 Å². The Labute approximate surface area is 584 Å². The Bertz CT molecular complexity index is 5190. The maximum atomic E-state index is 13.5. The minimum absolute atomic E-state index is 0.193. The van der Waals surface area contributed by atoms with Crippen molar-refractivity contribution < 1.29 is 38.0 Å². The van der Waals surface area contributed by atoms with E-state index < -0.39 is 54.3 Å². The molecule has 28 heteroatoms. The van der Waals surface area contributed by atoms with Gasteiger partial charge in [-0.25, -0.2) is 4.39 Å². The lowest BCUT2D eigenvalue weighted by Gasteiger charge is -2.36. The molecular weight excluding hydrogens is 1340 g/mol. The first kappa shape index (κ1) is 68.9. The number of hydrogen-bond acceptors (Lipinski definition) is 16. The SMILES string of the molecule is Cn1c(=O)c([N+](=O)[O-])c(N2CCN(C(=O)c3ccc(Cl)c(Cl)c3)CC2)c2ccccc21.O=C(c1ccc(F)cc1)N1CCN(c2c([N+](=O)[O-])c(=O)n(Cc3ccccc3)c3ccccc23)CC1.O=C(c1ccco1)N1CCN(c2c([N+](=O)[O-])c(=O)n(Cc3ccccc3)c3ccccc23)CC1. The molecule has 3 aliphatic heterocycles. The molecule has 514 valence electrons. The van der Waals surface area contributed by atoms with Gasteiger partial charge in [0.15, 0.2) is 5.76 Å². The molecule has 0 aliphatic carbocycles. The molecule has 0 N–H and O–H groups in total. The van der Waals surface area contributed by atoms with Crippen molar-refractivity contribution in [2.24, 2.45) is 7.05 Å². The molecule has 0 spiro atoms. The number of carbonyl (C=O) groups is 3. The van der Waals surface area contributed by atoms with Gasteiger partial charge in [0.05, 0.1) is 60.7 Å². The summed E-state index contributed by atoms with van der Waals surface area (Å²) in [6.45, 7) is 4.54. The molecule has 11 aromatic rings. The molecular formula is C73H63Cl2FN12O13. The third kappa shape index (κ3) is 14.3. The minimum Gasteiger partial charge on any atom is -0.459 e. The zero-order chi connectivity index (χ0) is 71.2. The molecule has 7 heterocycles. The first-order valence-electron chi connectivity index (χ1n) is 32.1. The predicted octanol–water partition coefficient (Wildman–Crippen LogP) is 11.3. The van der Waals surface area contributed by atoms with Gasteiger partial charge in [0.2, 0.25) is 0 Å². The largest absolute Gasteiger partial charge is 0.459 e. The van der Waals surface area contributed by atoms with Crippen LogP contribution < -0.4 is 31.4 Å². The fraction of sp³-hybridized carbons (Fsp3) is 0.205. The van der Waals surface area contributed by atoms with Crippen LogP contribution in [0.25, 0.3) is 32.7 Å². The van der Waals surface area contributed by atoms with Crippen molar-refractivity contribution >= 4 is 108 Å². The van der Waals surface area contributed by atoms with Crippen LogP contribution in [-0.2, 0) is 20.1 Å². The van der Waals surface area contributed by atoms with Crippen LogP contribution in [0.3, 0.4) is 0 Å². The Hall–Kier alpha value is -12.0. The second kappa shape index (κ2) is 30.0. The second-order valence-corrected chi connectivity index (χ2v) is 24.8. The fourth-order valence-corrected chi connectivity index (χ4v) is 13.4. The molecule has 25 nitrogen and oxygen atoms in total. The van der Waals surface area contributed by atoms with Gasteiger partial charge in [0, 0.05) is 113 Å². The highest BCUT2D eigenvalue weighted by Gasteiger charge is 2.36. The first-order chi connectivity index (χ1) is 48.8. The standard InChI is InChI=1S/C27H23FN4O4.C25H22N4O5.C21H18Cl2N4O4/c28-21-12-10-20(11-13-21)26(33)30-16-14-29(15-17-30)24-22-8-4-5-9-23(22)31(27(34)25(24)32(35)36)18-19-6-2-1-3-7-19;30-24(21-11-6-16-34-21)27-14-12-26(13-15-27)22-19-9-4-5-10-20(19)28(25(31)23(22)29(32)33)17-18-7-2-1-3-8-18;1-24-17-5-3-2-4-14(17)18(19(21(24)29)27(30)31)25-8-10-26(11-9-25)20(28)13-6-7-15(22)16(23)12-13/h1-13H,14-18H2;1-11,16H,12-15,17H2;2-7,12H,8-11H2,1H3. The van der Waals surface area contributed by atoms with Crippen LogP contribution >= 0.6 is 23.2 Å². The minimum atomic E-state index is -0.664. The highest BCUT2D eigenvalue weighted by molar-refractivity contribution is 6.42. The quantitative estimate of drug-likeness (QED) is 0.0766. The smallest absolute Gasteiger partial charge is 0.357 e. The third-order valence-electron chi connectivity index (χ3n) is 18.0. The van der Waals surface area contributed by atoms with Crippen LogP contribution in [0.2, 0.25) is 10.0 Å². The topological polar surface area (TPSA) is 279 Å². The third-order valence-corrected chi connectivity index (χ3v) is 18.8. The van der Waals surface area contributed by atoms with Crippen molar-refractivity contribution in [3.63, 3.8) is 0 Å². The second-order valence-electron chi connectivity index (χ2n) is 24.0. The molecule has 0 saturated carbocycles. The summed E-state index contributed by atoms with van der Waals surface area (Å²) in [6.07, 6.45) is 1.45. The van der Waals surface area contributed by atoms with E-state index in [0.29, 0.717) is 144 Å². The summed E-state index contributed by atoms with van der Waals surface area (Å²) >= 11 is 11.9. The monoisotopic (exact) mass is 1400 g/mol. The van der Waals surface area contributed by atoms with Gasteiger partial charge in [-0.05, 0) is 83.9 Å². The van der Waals surface area contributed by atoms with Gasteiger partial charge in [-0.1, -0.05) is 138 Å². The molecule has 3 aliphatic rings. The summed E-state index contributed by atoms with van der Waals surface area (Å²) in [6, 6.07) is 53.6. The van der Waals surface area contributed by atoms with E-state index >= 15 is 0 Å². The lowest BCUT2D eigenvalue weighted by atomic mass is 10.1. The number of benzene rings is 7. The molecule has 3 amide bonds. The molecule has 0 atom stereocenters. The number of fused-ring (bicyclic) bond motifs is 3. The van der Waals surface area contributed by atoms with E-state index in [-0.39, 0.29) is 42.3 Å². The Morgan fingerprint density at radius 3 is 1.20 bits per heavy atom. The van der Waals surface area contributed by atoms with E-state index in [4.69, 9.17) is 27.6 Å². The fourth-order valence-electron chi connectivity index (χ4n) is 13.1. The predicted molar refractivity (Wildman–Crippen MR) is 383 cm³/mol. The van der Waals surface area contributed by atoms with Crippen LogP contribution in [0.15, 0.2) is 213 Å². The number of pyridine rings is 3. The van der Waals surface area contributed by atoms with Crippen LogP contribution in [-0.4, -0.2) is 139 Å². The number of rotatable bonds is 13. The van der Waals surface area contributed by atoms with Crippen molar-refractivity contribution in [1.82, 2.24) is 28.4 Å². The Morgan fingerprint density at radius 1 is 0.426 bits per heavy atom. The van der Waals surface area contributed by atoms with Crippen molar-refractivity contribution in [1.29, 1.82) is 0 Å². The number of aryl methyl sites for hydroxylation is 1. The molecule has 0 radical (unpaired) electrons. The number of piperazine rings is 3. The average molecular weight is 1410 g/mol. The number of para-hydroxylation sites is 3. The zero-order valence-corrected chi connectivity index (χ0v) is 55.7. The van der Waals surface area contributed by atoms with E-state index in [1.54, 1.807) is 98.5 Å². The van der Waals surface area contributed by atoms with E-state index in [9.17, 15) is 63.5 Å². The summed E-state index contributed by atoms with van der Waals surface area (Å²) in [7, 11) is 1.52. The zero-order valence-electron chi connectivity index (χ0n) is 54.2. The molecule has 4 aromatic heterocycles. The van der Waals surface area contributed by atoms with Gasteiger partial charge in [0.1, 0.15) is 22.9 Å². The first-order valence-corrected chi connectivity index (χ1v) is 32.8. The molecule has 0 unspecified atom stereocenters. The van der Waals surface area contributed by atoms with Crippen molar-refractivity contribution in [3.05, 3.63) is 300 Å². The van der Waals surface area contributed by atoms with Gasteiger partial charge in [0.25, 0.3) is 17.7 Å². The van der Waals surface area contributed by atoms with E-state index in [2.05, 4.69) is 0 Å². The van der Waals surface area contributed by atoms with Gasteiger partial charge in [-0.2, -0.15) is 0 Å². The number of furan rings is 1. The molecule has 14 rings (SSSR count). The summed E-state index contributed by atoms with van der Waals surface area (Å²) < 4.78 is 22.6. The number of halogens is 3. The number of hydrogen-bond donors (Lipinski definition) is 0. The number of carbonyl (C=O) groups excluding carboxylic acids is 3. The maximum absolute atomic E-state index is 13.5. The lowest BCUT2D eigenvalue weighted by Crippen LogP contribution is -2.49. The Morgan fingerprint density at radius 2 is 0.792 bits per heavy atom. The average Bonchev–Trinajstić information content (AvgIpc) is 1.04. The van der Waals surface area contributed by atoms with Crippen molar-refractivity contribution in [2.75, 3.05) is 93.2 Å². The van der Waals surface area contributed by atoms with Gasteiger partial charge >= 0.3 is 33.7 Å². The van der Waals surface area contributed by atoms with Crippen LogP contribution in [0, 0.1) is 36.2 Å². The van der Waals surface area contributed by atoms with Gasteiger partial charge < -0.3 is 38.4 Å². The highest BCUT2D eigenvalue weighted by atomic mass is 35.5. The molecule has 3 saturated heterocycles. The van der Waals surface area contributed by atoms with E-state index in [1.165, 1.54) is 57.3 Å². The number of anilines is 3. The molecule has 101 heavy (non-hydrogen) atoms. The number of nitro groups is 3. The van der Waals surface area contributed by atoms with Crippen LogP contribution in [0.5, 0.6) is 0 Å². The normalized spacial score (nSPS) is 13.9. The van der Waals surface area contributed by atoms with Crippen molar-refractivity contribution in [2.45, 2.75) is 13.1 Å². The summed E-state index contributed by atoms with van der Waals surface area (Å²) in [5, 5.41) is 38.7. The summed E-state index contributed by atoms with van der Waals surface area (Å²) in [4.78, 5) is 123. The van der Waals surface area contributed by atoms with Crippen LogP contribution in [0.1, 0.15) is 42.4 Å². The van der Waals surface area contributed by atoms with Gasteiger partial charge in [-0.15, -0.1) is 0 Å². The Balaban J connectivity index is 0.000000144. The lowest BCUT2D eigenvalue weighted by molar-refractivity contribution is -0.385. The van der Waals surface area contributed by atoms with Gasteiger partial charge in [-0.3, -0.25) is 68.2 Å². The molecule has 3 fully saturated rings. The molecule has 7 aromatic carbocycles. The summed E-state index contributed by atoms with van der Waals surface area (Å²) in [5.41, 5.74) is 1.94. The highest BCUT2D eigenvalue weighted by Crippen LogP contribution is 2.38. The van der Waals surface area contributed by atoms with E-state index in [1.807, 2.05) is 88.7 Å². The maximum Gasteiger partial charge on any atom is 0.357 e. The number of amides is 3. The molecule has 0 bridgehead atoms. The number of aromatic nitrogens is 3. The van der Waals surface area contributed by atoms with Crippen LogP contribution in [0.4, 0.5) is 38.5 Å². The number of nitrogens with zero attached hydrogens (tertiary/aromatic N) is 12. The Kier molecular flexibility index (Phi) is 20.5.